The molecule has 0 saturated carbocycles. The molecule has 1 amide bonds. The molecule has 0 bridgehead atoms. The van der Waals surface area contributed by atoms with Crippen LogP contribution in [0.25, 0.3) is 0 Å². The number of nitrogens with one attached hydrogen (secondary N) is 2. The van der Waals surface area contributed by atoms with Crippen LogP contribution in [0, 0.1) is 0 Å². The molecule has 1 unspecified atom stereocenters. The minimum absolute atomic E-state index is 0.0835. The Morgan fingerprint density at radius 1 is 1.40 bits per heavy atom. The van der Waals surface area contributed by atoms with Crippen molar-refractivity contribution in [1.29, 1.82) is 0 Å². The van der Waals surface area contributed by atoms with Crippen LogP contribution in [0.4, 0.5) is 0 Å². The third-order valence-electron chi connectivity index (χ3n) is 2.85. The van der Waals surface area contributed by atoms with Crippen LogP contribution in [0.3, 0.4) is 0 Å². The number of ether oxygens (including phenoxy) is 2. The van der Waals surface area contributed by atoms with Gasteiger partial charge in [-0.05, 0) is 24.6 Å². The Labute approximate surface area is 119 Å². The van der Waals surface area contributed by atoms with E-state index in [2.05, 4.69) is 10.6 Å². The third kappa shape index (κ3) is 5.07. The summed E-state index contributed by atoms with van der Waals surface area (Å²) in [4.78, 5) is 11.7. The van der Waals surface area contributed by atoms with E-state index in [1.807, 2.05) is 6.07 Å². The van der Waals surface area contributed by atoms with Crippen LogP contribution in [-0.4, -0.2) is 44.4 Å². The van der Waals surface area contributed by atoms with Gasteiger partial charge in [0.1, 0.15) is 0 Å². The lowest BCUT2D eigenvalue weighted by Crippen LogP contribution is -2.42. The van der Waals surface area contributed by atoms with Crippen molar-refractivity contribution in [2.75, 3.05) is 27.4 Å². The summed E-state index contributed by atoms with van der Waals surface area (Å²) < 4.78 is 9.83. The number of methoxy groups -OCH3 is 2. The van der Waals surface area contributed by atoms with Crippen LogP contribution in [0.2, 0.25) is 0 Å². The summed E-state index contributed by atoms with van der Waals surface area (Å²) in [6.07, 6.45) is 0. The van der Waals surface area contributed by atoms with Gasteiger partial charge in [-0.1, -0.05) is 6.07 Å². The molecule has 0 aliphatic heterocycles. The van der Waals surface area contributed by atoms with Crippen molar-refractivity contribution in [2.24, 2.45) is 0 Å². The molecule has 3 N–H and O–H groups in total. The molecule has 0 fully saturated rings. The minimum Gasteiger partial charge on any atom is -0.504 e. The average Bonchev–Trinajstić information content (AvgIpc) is 2.45. The second kappa shape index (κ2) is 8.39. The summed E-state index contributed by atoms with van der Waals surface area (Å²) in [5.74, 6) is 0.433. The van der Waals surface area contributed by atoms with E-state index in [0.717, 1.165) is 5.56 Å². The highest BCUT2D eigenvalue weighted by Crippen LogP contribution is 2.26. The maximum atomic E-state index is 11.7. The Bertz CT molecular complexity index is 437. The summed E-state index contributed by atoms with van der Waals surface area (Å²) >= 11 is 0. The lowest BCUT2D eigenvalue weighted by molar-refractivity contribution is -0.122. The second-order valence-electron chi connectivity index (χ2n) is 4.39. The number of carbonyl (C=O) groups excluding carboxylic acids is 1. The zero-order valence-corrected chi connectivity index (χ0v) is 12.1. The number of hydrogen-bond donors (Lipinski definition) is 3. The van der Waals surface area contributed by atoms with Gasteiger partial charge >= 0.3 is 0 Å². The van der Waals surface area contributed by atoms with Crippen molar-refractivity contribution in [3.8, 4) is 11.5 Å². The third-order valence-corrected chi connectivity index (χ3v) is 2.85. The predicted octanol–water partition coefficient (Wildman–Crippen LogP) is 0.641. The van der Waals surface area contributed by atoms with Gasteiger partial charge in [0.05, 0.1) is 19.8 Å². The summed E-state index contributed by atoms with van der Waals surface area (Å²) in [6.45, 7) is 3.25. The molecule has 1 atom stereocenters. The van der Waals surface area contributed by atoms with Gasteiger partial charge in [0.2, 0.25) is 5.91 Å². The number of hydrogen-bond acceptors (Lipinski definition) is 5. The van der Waals surface area contributed by atoms with Gasteiger partial charge in [-0.2, -0.15) is 0 Å². The summed E-state index contributed by atoms with van der Waals surface area (Å²) in [7, 11) is 3.09. The smallest absolute Gasteiger partial charge is 0.236 e. The number of amides is 1. The molecule has 0 aromatic heterocycles. The molecule has 0 saturated heterocycles. The van der Waals surface area contributed by atoms with Gasteiger partial charge in [0, 0.05) is 20.2 Å². The number of carbonyl (C=O) groups is 1. The van der Waals surface area contributed by atoms with Gasteiger partial charge in [-0.15, -0.1) is 0 Å². The Morgan fingerprint density at radius 2 is 2.15 bits per heavy atom. The fraction of sp³-hybridized carbons (Fsp3) is 0.500. The van der Waals surface area contributed by atoms with Gasteiger partial charge in [-0.25, -0.2) is 0 Å². The number of rotatable bonds is 8. The molecule has 1 aromatic rings. The van der Waals surface area contributed by atoms with Crippen LogP contribution in [0.1, 0.15) is 12.5 Å². The van der Waals surface area contributed by atoms with E-state index in [-0.39, 0.29) is 17.7 Å². The second-order valence-corrected chi connectivity index (χ2v) is 4.39. The highest BCUT2D eigenvalue weighted by molar-refractivity contribution is 5.81. The Kier molecular flexibility index (Phi) is 6.83. The Hall–Kier alpha value is -1.79. The zero-order chi connectivity index (χ0) is 15.0. The van der Waals surface area contributed by atoms with E-state index in [0.29, 0.717) is 25.4 Å². The first-order chi connectivity index (χ1) is 9.58. The predicted molar refractivity (Wildman–Crippen MR) is 75.8 cm³/mol. The summed E-state index contributed by atoms with van der Waals surface area (Å²) in [6, 6.07) is 4.81. The van der Waals surface area contributed by atoms with Crippen LogP contribution in [-0.2, 0) is 16.1 Å². The first-order valence-electron chi connectivity index (χ1n) is 6.44. The summed E-state index contributed by atoms with van der Waals surface area (Å²) in [5.41, 5.74) is 0.875. The van der Waals surface area contributed by atoms with Crippen molar-refractivity contribution in [3.63, 3.8) is 0 Å². The molecular weight excluding hydrogens is 260 g/mol. The SMILES string of the molecule is COCCNC(=O)C(C)NCc1ccc(OC)c(O)c1. The van der Waals surface area contributed by atoms with Crippen LogP contribution in [0.5, 0.6) is 11.5 Å². The molecule has 1 aromatic carbocycles. The van der Waals surface area contributed by atoms with E-state index in [1.165, 1.54) is 7.11 Å². The largest absolute Gasteiger partial charge is 0.504 e. The van der Waals surface area contributed by atoms with Gasteiger partial charge in [0.15, 0.2) is 11.5 Å². The van der Waals surface area contributed by atoms with E-state index in [1.54, 1.807) is 26.2 Å². The maximum Gasteiger partial charge on any atom is 0.236 e. The van der Waals surface area contributed by atoms with Gasteiger partial charge in [0.25, 0.3) is 0 Å². The van der Waals surface area contributed by atoms with Crippen molar-refractivity contribution < 1.29 is 19.4 Å². The van der Waals surface area contributed by atoms with Crippen molar-refractivity contribution in [2.45, 2.75) is 19.5 Å². The first-order valence-corrected chi connectivity index (χ1v) is 6.44. The standard InChI is InChI=1S/C14H22N2O4/c1-10(14(18)15-6-7-19-2)16-9-11-4-5-13(20-3)12(17)8-11/h4-5,8,10,16-17H,6-7,9H2,1-3H3,(H,15,18). The van der Waals surface area contributed by atoms with E-state index in [4.69, 9.17) is 9.47 Å². The average molecular weight is 282 g/mol. The fourth-order valence-electron chi connectivity index (χ4n) is 1.64. The molecule has 112 valence electrons. The molecule has 1 rings (SSSR count). The Morgan fingerprint density at radius 3 is 2.75 bits per heavy atom. The monoisotopic (exact) mass is 282 g/mol. The molecule has 6 heteroatoms. The molecule has 0 heterocycles. The Balaban J connectivity index is 2.42. The first kappa shape index (κ1) is 16.3. The normalized spacial score (nSPS) is 11.9. The van der Waals surface area contributed by atoms with Crippen molar-refractivity contribution >= 4 is 5.91 Å². The quantitative estimate of drug-likeness (QED) is 0.610. The molecule has 0 spiro atoms. The number of aromatic hydroxyl groups is 1. The number of phenolic OH excluding ortho intramolecular Hbond substituents is 1. The lowest BCUT2D eigenvalue weighted by atomic mass is 10.2. The van der Waals surface area contributed by atoms with E-state index >= 15 is 0 Å². The minimum atomic E-state index is -0.323. The lowest BCUT2D eigenvalue weighted by Gasteiger charge is -2.14. The van der Waals surface area contributed by atoms with Crippen molar-refractivity contribution in [1.82, 2.24) is 10.6 Å². The van der Waals surface area contributed by atoms with Gasteiger partial charge in [-0.3, -0.25) is 4.79 Å². The van der Waals surface area contributed by atoms with E-state index in [9.17, 15) is 9.90 Å². The number of benzene rings is 1. The van der Waals surface area contributed by atoms with Crippen molar-refractivity contribution in [3.05, 3.63) is 23.8 Å². The fourth-order valence-corrected chi connectivity index (χ4v) is 1.64. The molecular formula is C14H22N2O4. The van der Waals surface area contributed by atoms with Crippen LogP contribution < -0.4 is 15.4 Å². The van der Waals surface area contributed by atoms with Crippen LogP contribution >= 0.6 is 0 Å². The number of phenols is 1. The topological polar surface area (TPSA) is 79.8 Å². The molecule has 0 aliphatic carbocycles. The summed E-state index contributed by atoms with van der Waals surface area (Å²) in [5, 5.41) is 15.5. The molecule has 0 aliphatic rings. The molecule has 6 nitrogen and oxygen atoms in total. The zero-order valence-electron chi connectivity index (χ0n) is 12.1. The highest BCUT2D eigenvalue weighted by atomic mass is 16.5. The van der Waals surface area contributed by atoms with E-state index < -0.39 is 0 Å². The molecule has 0 radical (unpaired) electrons. The maximum absolute atomic E-state index is 11.7. The highest BCUT2D eigenvalue weighted by Gasteiger charge is 2.11. The molecule has 20 heavy (non-hydrogen) atoms. The van der Waals surface area contributed by atoms with Gasteiger partial charge < -0.3 is 25.2 Å². The van der Waals surface area contributed by atoms with Crippen LogP contribution in [0.15, 0.2) is 18.2 Å².